The summed E-state index contributed by atoms with van der Waals surface area (Å²) in [6.45, 7) is -1.50. The largest absolute Gasteiger partial charge is 0.406 e. The molecule has 9 heteroatoms. The lowest BCUT2D eigenvalue weighted by Crippen LogP contribution is -2.43. The number of nitrogens with zero attached hydrogens (tertiary/aromatic N) is 2. The zero-order chi connectivity index (χ0) is 16.5. The number of thiazole rings is 1. The number of fused-ring (bicyclic) bond motifs is 1. The van der Waals surface area contributed by atoms with E-state index in [1.165, 1.54) is 0 Å². The quantitative estimate of drug-likeness (QED) is 0.893. The highest BCUT2D eigenvalue weighted by Gasteiger charge is 2.36. The Kier molecular flexibility index (Phi) is 4.69. The van der Waals surface area contributed by atoms with E-state index in [9.17, 15) is 28.2 Å². The van der Waals surface area contributed by atoms with Gasteiger partial charge in [-0.2, -0.15) is 13.2 Å². The molecule has 1 aromatic carbocycles. The second-order valence-corrected chi connectivity index (χ2v) is 5.78. The molecule has 0 aliphatic heterocycles. The first-order chi connectivity index (χ1) is 10.2. The molecule has 0 aliphatic rings. The van der Waals surface area contributed by atoms with Gasteiger partial charge in [-0.3, -0.25) is 4.79 Å². The molecule has 0 radical (unpaired) electrons. The van der Waals surface area contributed by atoms with Crippen LogP contribution < -0.4 is 0 Å². The molecule has 1 amide bonds. The van der Waals surface area contributed by atoms with Crippen LogP contribution in [0.15, 0.2) is 24.3 Å². The summed E-state index contributed by atoms with van der Waals surface area (Å²) in [6.07, 6.45) is -8.27. The minimum Gasteiger partial charge on any atom is -0.383 e. The SMILES string of the molecule is CN(CC(F)(F)F)C(=O)C(O)C(O)c1nc2ccccc2s1. The Balaban J connectivity index is 2.14. The standard InChI is InChI=1S/C13H13F3N2O3S/c1-18(6-13(14,15)16)12(21)10(20)9(19)11-17-7-4-2-3-5-8(7)22-11/h2-5,9-10,19-20H,6H2,1H3. The van der Waals surface area contributed by atoms with E-state index in [2.05, 4.69) is 4.98 Å². The van der Waals surface area contributed by atoms with Gasteiger partial charge in [-0.15, -0.1) is 11.3 Å². The van der Waals surface area contributed by atoms with Gasteiger partial charge in [0.15, 0.2) is 6.10 Å². The van der Waals surface area contributed by atoms with Crippen molar-refractivity contribution in [2.75, 3.05) is 13.6 Å². The number of alkyl halides is 3. The van der Waals surface area contributed by atoms with Crippen molar-refractivity contribution >= 4 is 27.5 Å². The summed E-state index contributed by atoms with van der Waals surface area (Å²) in [6, 6.07) is 6.92. The molecule has 0 fully saturated rings. The minimum atomic E-state index is -4.58. The zero-order valence-electron chi connectivity index (χ0n) is 11.4. The summed E-state index contributed by atoms with van der Waals surface area (Å²) >= 11 is 1.06. The summed E-state index contributed by atoms with van der Waals surface area (Å²) < 4.78 is 37.5. The highest BCUT2D eigenvalue weighted by Crippen LogP contribution is 2.28. The lowest BCUT2D eigenvalue weighted by molar-refractivity contribution is -0.167. The van der Waals surface area contributed by atoms with Gasteiger partial charge in [0.2, 0.25) is 0 Å². The predicted molar refractivity (Wildman–Crippen MR) is 74.3 cm³/mol. The highest BCUT2D eigenvalue weighted by molar-refractivity contribution is 7.18. The van der Waals surface area contributed by atoms with Gasteiger partial charge in [0.25, 0.3) is 5.91 Å². The topological polar surface area (TPSA) is 73.7 Å². The van der Waals surface area contributed by atoms with Crippen LogP contribution in [0, 0.1) is 0 Å². The molecule has 1 heterocycles. The summed E-state index contributed by atoms with van der Waals surface area (Å²) in [4.78, 5) is 16.1. The van der Waals surface area contributed by atoms with Crippen LogP contribution in [0.4, 0.5) is 13.2 Å². The molecular weight excluding hydrogens is 321 g/mol. The van der Waals surface area contributed by atoms with Gasteiger partial charge in [-0.25, -0.2) is 4.98 Å². The van der Waals surface area contributed by atoms with Crippen LogP contribution in [0.2, 0.25) is 0 Å². The first-order valence-electron chi connectivity index (χ1n) is 6.22. The van der Waals surface area contributed by atoms with E-state index in [1.807, 2.05) is 0 Å². The summed E-state index contributed by atoms with van der Waals surface area (Å²) in [5.74, 6) is -1.22. The van der Waals surface area contributed by atoms with Gasteiger partial charge >= 0.3 is 6.18 Å². The highest BCUT2D eigenvalue weighted by atomic mass is 32.1. The van der Waals surface area contributed by atoms with Crippen molar-refractivity contribution in [1.29, 1.82) is 0 Å². The average Bonchev–Trinajstić information content (AvgIpc) is 2.86. The molecule has 22 heavy (non-hydrogen) atoms. The number of carbonyl (C=O) groups is 1. The zero-order valence-corrected chi connectivity index (χ0v) is 12.2. The van der Waals surface area contributed by atoms with Gasteiger partial charge in [-0.05, 0) is 12.1 Å². The maximum absolute atomic E-state index is 12.2. The second-order valence-electron chi connectivity index (χ2n) is 4.72. The fourth-order valence-corrected chi connectivity index (χ4v) is 2.84. The number of rotatable bonds is 4. The number of benzene rings is 1. The third kappa shape index (κ3) is 3.73. The van der Waals surface area contributed by atoms with Crippen molar-refractivity contribution in [2.45, 2.75) is 18.4 Å². The molecule has 0 bridgehead atoms. The van der Waals surface area contributed by atoms with Gasteiger partial charge in [0, 0.05) is 7.05 Å². The molecule has 120 valence electrons. The Bertz CT molecular complexity index is 641. The number of hydrogen-bond acceptors (Lipinski definition) is 5. The van der Waals surface area contributed by atoms with E-state index in [0.29, 0.717) is 10.4 Å². The van der Waals surface area contributed by atoms with Crippen molar-refractivity contribution in [3.05, 3.63) is 29.3 Å². The van der Waals surface area contributed by atoms with Crippen molar-refractivity contribution < 1.29 is 28.2 Å². The molecule has 0 saturated heterocycles. The van der Waals surface area contributed by atoms with Gasteiger partial charge < -0.3 is 15.1 Å². The molecule has 0 aliphatic carbocycles. The van der Waals surface area contributed by atoms with Crippen LogP contribution in [-0.2, 0) is 4.79 Å². The fourth-order valence-electron chi connectivity index (χ4n) is 1.86. The smallest absolute Gasteiger partial charge is 0.383 e. The number of amides is 1. The molecule has 2 atom stereocenters. The monoisotopic (exact) mass is 334 g/mol. The number of aliphatic hydroxyl groups is 2. The number of likely N-dealkylation sites (N-methyl/N-ethyl adjacent to an activating group) is 1. The van der Waals surface area contributed by atoms with Crippen molar-refractivity contribution in [1.82, 2.24) is 9.88 Å². The number of para-hydroxylation sites is 1. The Hall–Kier alpha value is -1.71. The third-order valence-electron chi connectivity index (χ3n) is 2.91. The van der Waals surface area contributed by atoms with Crippen LogP contribution >= 0.6 is 11.3 Å². The maximum atomic E-state index is 12.2. The Morgan fingerprint density at radius 2 is 2.00 bits per heavy atom. The van der Waals surface area contributed by atoms with E-state index in [1.54, 1.807) is 24.3 Å². The lowest BCUT2D eigenvalue weighted by atomic mass is 10.2. The summed E-state index contributed by atoms with van der Waals surface area (Å²) in [5.41, 5.74) is 0.574. The first-order valence-corrected chi connectivity index (χ1v) is 7.04. The normalized spacial score (nSPS) is 14.8. The van der Waals surface area contributed by atoms with Gasteiger partial charge in [0.05, 0.1) is 10.2 Å². The van der Waals surface area contributed by atoms with Crippen molar-refractivity contribution in [3.8, 4) is 0 Å². The molecule has 2 aromatic rings. The first kappa shape index (κ1) is 16.7. The molecule has 2 N–H and O–H groups in total. The van der Waals surface area contributed by atoms with Crippen LogP contribution in [0.1, 0.15) is 11.1 Å². The predicted octanol–water partition coefficient (Wildman–Crippen LogP) is 1.71. The lowest BCUT2D eigenvalue weighted by Gasteiger charge is -2.23. The molecule has 1 aromatic heterocycles. The second kappa shape index (κ2) is 6.19. The minimum absolute atomic E-state index is 0.0717. The Morgan fingerprint density at radius 1 is 1.36 bits per heavy atom. The van der Waals surface area contributed by atoms with E-state index >= 15 is 0 Å². The number of aromatic nitrogens is 1. The molecule has 5 nitrogen and oxygen atoms in total. The van der Waals surface area contributed by atoms with Gasteiger partial charge in [-0.1, -0.05) is 12.1 Å². The van der Waals surface area contributed by atoms with Crippen LogP contribution in [-0.4, -0.2) is 51.9 Å². The number of hydrogen-bond donors (Lipinski definition) is 2. The summed E-state index contributed by atoms with van der Waals surface area (Å²) in [7, 11) is 0.907. The van der Waals surface area contributed by atoms with Crippen molar-refractivity contribution in [2.24, 2.45) is 0 Å². The molecule has 2 rings (SSSR count). The van der Waals surface area contributed by atoms with E-state index in [4.69, 9.17) is 0 Å². The molecular formula is C13H13F3N2O3S. The third-order valence-corrected chi connectivity index (χ3v) is 4.02. The number of carbonyl (C=O) groups excluding carboxylic acids is 1. The Morgan fingerprint density at radius 3 is 2.59 bits per heavy atom. The van der Waals surface area contributed by atoms with Gasteiger partial charge in [0.1, 0.15) is 17.7 Å². The van der Waals surface area contributed by atoms with Crippen LogP contribution in [0.3, 0.4) is 0 Å². The van der Waals surface area contributed by atoms with E-state index in [-0.39, 0.29) is 5.01 Å². The van der Waals surface area contributed by atoms with E-state index < -0.39 is 30.8 Å². The number of aliphatic hydroxyl groups excluding tert-OH is 2. The molecule has 0 spiro atoms. The molecule has 2 unspecified atom stereocenters. The summed E-state index contributed by atoms with van der Waals surface area (Å²) in [5, 5.41) is 19.8. The molecule has 0 saturated carbocycles. The maximum Gasteiger partial charge on any atom is 0.406 e. The van der Waals surface area contributed by atoms with Crippen LogP contribution in [0.5, 0.6) is 0 Å². The van der Waals surface area contributed by atoms with E-state index in [0.717, 1.165) is 23.1 Å². The van der Waals surface area contributed by atoms with Crippen molar-refractivity contribution in [3.63, 3.8) is 0 Å². The van der Waals surface area contributed by atoms with Crippen LogP contribution in [0.25, 0.3) is 10.2 Å². The number of halogens is 3. The average molecular weight is 334 g/mol. The fraction of sp³-hybridized carbons (Fsp3) is 0.385. The Labute approximate surface area is 127 Å².